The fraction of sp³-hybridized carbons (Fsp3) is 0.105. The highest BCUT2D eigenvalue weighted by molar-refractivity contribution is 6.02. The van der Waals surface area contributed by atoms with Gasteiger partial charge in [-0.15, -0.1) is 0 Å². The SMILES string of the molecule is O=C(Nc1cc(F)ccc1F)c1ccc(COc2ccc3c(c2)OCO3)o1. The first kappa shape index (κ1) is 16.9. The number of benzene rings is 2. The summed E-state index contributed by atoms with van der Waals surface area (Å²) < 4.78 is 48.2. The van der Waals surface area contributed by atoms with Gasteiger partial charge in [0, 0.05) is 12.1 Å². The molecule has 1 amide bonds. The molecule has 0 saturated heterocycles. The Kier molecular flexibility index (Phi) is 4.37. The second kappa shape index (κ2) is 6.99. The van der Waals surface area contributed by atoms with E-state index in [4.69, 9.17) is 18.6 Å². The lowest BCUT2D eigenvalue weighted by Crippen LogP contribution is -2.12. The van der Waals surface area contributed by atoms with Gasteiger partial charge < -0.3 is 23.9 Å². The van der Waals surface area contributed by atoms with E-state index in [0.29, 0.717) is 23.0 Å². The summed E-state index contributed by atoms with van der Waals surface area (Å²) in [5.41, 5.74) is -0.269. The zero-order valence-corrected chi connectivity index (χ0v) is 13.8. The van der Waals surface area contributed by atoms with Gasteiger partial charge >= 0.3 is 0 Å². The first-order chi connectivity index (χ1) is 13.1. The van der Waals surface area contributed by atoms with Crippen molar-refractivity contribution in [3.05, 3.63) is 71.7 Å². The van der Waals surface area contributed by atoms with Crippen molar-refractivity contribution in [3.63, 3.8) is 0 Å². The van der Waals surface area contributed by atoms with Crippen LogP contribution in [0.2, 0.25) is 0 Å². The molecule has 0 saturated carbocycles. The van der Waals surface area contributed by atoms with Crippen LogP contribution in [0.5, 0.6) is 17.2 Å². The zero-order valence-electron chi connectivity index (χ0n) is 13.8. The number of ether oxygens (including phenoxy) is 3. The molecule has 3 aromatic rings. The molecular formula is C19H13F2NO5. The molecule has 0 fully saturated rings. The van der Waals surface area contributed by atoms with Crippen LogP contribution >= 0.6 is 0 Å². The lowest BCUT2D eigenvalue weighted by atomic mass is 10.3. The topological polar surface area (TPSA) is 69.9 Å². The number of hydrogen-bond acceptors (Lipinski definition) is 5. The summed E-state index contributed by atoms with van der Waals surface area (Å²) in [4.78, 5) is 12.1. The molecule has 27 heavy (non-hydrogen) atoms. The van der Waals surface area contributed by atoms with Crippen LogP contribution in [-0.2, 0) is 6.61 Å². The second-order valence-electron chi connectivity index (χ2n) is 5.65. The molecule has 2 heterocycles. The maximum absolute atomic E-state index is 13.6. The van der Waals surface area contributed by atoms with E-state index in [1.165, 1.54) is 6.07 Å². The lowest BCUT2D eigenvalue weighted by molar-refractivity contribution is 0.0992. The molecule has 1 aromatic heterocycles. The van der Waals surface area contributed by atoms with Gasteiger partial charge in [0.05, 0.1) is 5.69 Å². The molecule has 1 aliphatic heterocycles. The summed E-state index contributed by atoms with van der Waals surface area (Å²) in [6.45, 7) is 0.239. The van der Waals surface area contributed by atoms with Crippen molar-refractivity contribution in [1.29, 1.82) is 0 Å². The van der Waals surface area contributed by atoms with Crippen molar-refractivity contribution in [2.45, 2.75) is 6.61 Å². The Morgan fingerprint density at radius 3 is 2.78 bits per heavy atom. The molecule has 1 N–H and O–H groups in total. The molecule has 4 rings (SSSR count). The second-order valence-corrected chi connectivity index (χ2v) is 5.65. The third-order valence-electron chi connectivity index (χ3n) is 3.79. The van der Waals surface area contributed by atoms with E-state index >= 15 is 0 Å². The van der Waals surface area contributed by atoms with Crippen molar-refractivity contribution in [2.24, 2.45) is 0 Å². The zero-order chi connectivity index (χ0) is 18.8. The van der Waals surface area contributed by atoms with E-state index in [-0.39, 0.29) is 24.8 Å². The van der Waals surface area contributed by atoms with Gasteiger partial charge in [-0.1, -0.05) is 0 Å². The van der Waals surface area contributed by atoms with Gasteiger partial charge in [0.15, 0.2) is 17.3 Å². The van der Waals surface area contributed by atoms with Crippen LogP contribution in [-0.4, -0.2) is 12.7 Å². The normalized spacial score (nSPS) is 12.1. The fourth-order valence-electron chi connectivity index (χ4n) is 2.48. The van der Waals surface area contributed by atoms with Gasteiger partial charge in [0.25, 0.3) is 5.91 Å². The molecule has 0 bridgehead atoms. The molecule has 8 heteroatoms. The first-order valence-corrected chi connectivity index (χ1v) is 7.96. The molecule has 138 valence electrons. The first-order valence-electron chi connectivity index (χ1n) is 7.96. The Labute approximate surface area is 152 Å². The predicted octanol–water partition coefficient (Wildman–Crippen LogP) is 4.12. The summed E-state index contributed by atoms with van der Waals surface area (Å²) >= 11 is 0. The molecule has 0 radical (unpaired) electrons. The average molecular weight is 373 g/mol. The number of fused-ring (bicyclic) bond motifs is 1. The van der Waals surface area contributed by atoms with Crippen LogP contribution in [0.1, 0.15) is 16.3 Å². The summed E-state index contributed by atoms with van der Waals surface area (Å²) in [6, 6.07) is 10.9. The number of furan rings is 1. The van der Waals surface area contributed by atoms with Gasteiger partial charge in [0.1, 0.15) is 29.8 Å². The van der Waals surface area contributed by atoms with Crippen LogP contribution in [0.4, 0.5) is 14.5 Å². The Bertz CT molecular complexity index is 1000. The monoisotopic (exact) mass is 373 g/mol. The third kappa shape index (κ3) is 3.69. The van der Waals surface area contributed by atoms with Crippen molar-refractivity contribution in [1.82, 2.24) is 0 Å². The van der Waals surface area contributed by atoms with E-state index in [1.54, 1.807) is 24.3 Å². The molecule has 2 aromatic carbocycles. The van der Waals surface area contributed by atoms with Crippen molar-refractivity contribution in [2.75, 3.05) is 12.1 Å². The molecular weight excluding hydrogens is 360 g/mol. The smallest absolute Gasteiger partial charge is 0.291 e. The lowest BCUT2D eigenvalue weighted by Gasteiger charge is -2.06. The van der Waals surface area contributed by atoms with E-state index in [9.17, 15) is 13.6 Å². The van der Waals surface area contributed by atoms with Crippen LogP contribution in [0.25, 0.3) is 0 Å². The Balaban J connectivity index is 1.39. The number of carbonyl (C=O) groups is 1. The third-order valence-corrected chi connectivity index (χ3v) is 3.79. The summed E-state index contributed by atoms with van der Waals surface area (Å²) in [6.07, 6.45) is 0. The van der Waals surface area contributed by atoms with Gasteiger partial charge in [-0.2, -0.15) is 0 Å². The van der Waals surface area contributed by atoms with Gasteiger partial charge in [0.2, 0.25) is 6.79 Å². The average Bonchev–Trinajstić information content (AvgIpc) is 3.31. The number of carbonyl (C=O) groups excluding carboxylic acids is 1. The van der Waals surface area contributed by atoms with Gasteiger partial charge in [-0.25, -0.2) is 8.78 Å². The number of hydrogen-bond donors (Lipinski definition) is 1. The largest absolute Gasteiger partial charge is 0.486 e. The summed E-state index contributed by atoms with van der Waals surface area (Å²) in [5, 5.41) is 2.26. The van der Waals surface area contributed by atoms with Gasteiger partial charge in [-0.3, -0.25) is 4.79 Å². The minimum Gasteiger partial charge on any atom is -0.486 e. The molecule has 0 aliphatic carbocycles. The summed E-state index contributed by atoms with van der Waals surface area (Å²) in [5.74, 6) is -0.00237. The van der Waals surface area contributed by atoms with E-state index in [0.717, 1.165) is 18.2 Å². The van der Waals surface area contributed by atoms with Crippen molar-refractivity contribution >= 4 is 11.6 Å². The highest BCUT2D eigenvalue weighted by Crippen LogP contribution is 2.35. The fourth-order valence-corrected chi connectivity index (χ4v) is 2.48. The molecule has 0 unspecified atom stereocenters. The number of halogens is 2. The predicted molar refractivity (Wildman–Crippen MR) is 89.9 cm³/mol. The molecule has 0 spiro atoms. The van der Waals surface area contributed by atoms with Crippen molar-refractivity contribution in [3.8, 4) is 17.2 Å². The highest BCUT2D eigenvalue weighted by Gasteiger charge is 2.16. The molecule has 6 nitrogen and oxygen atoms in total. The maximum atomic E-state index is 13.6. The van der Waals surface area contributed by atoms with Crippen LogP contribution in [0.15, 0.2) is 52.9 Å². The number of anilines is 1. The quantitative estimate of drug-likeness (QED) is 0.729. The number of rotatable bonds is 5. The molecule has 1 aliphatic rings. The Morgan fingerprint density at radius 1 is 1.04 bits per heavy atom. The number of nitrogens with one attached hydrogen (secondary N) is 1. The van der Waals surface area contributed by atoms with Gasteiger partial charge in [-0.05, 0) is 36.4 Å². The minimum atomic E-state index is -0.748. The van der Waals surface area contributed by atoms with E-state index < -0.39 is 17.5 Å². The Hall–Kier alpha value is -3.55. The highest BCUT2D eigenvalue weighted by atomic mass is 19.1. The van der Waals surface area contributed by atoms with E-state index in [2.05, 4.69) is 5.32 Å². The Morgan fingerprint density at radius 2 is 1.89 bits per heavy atom. The summed E-state index contributed by atoms with van der Waals surface area (Å²) in [7, 11) is 0. The molecule has 0 atom stereocenters. The number of amides is 1. The van der Waals surface area contributed by atoms with E-state index in [1.807, 2.05) is 0 Å². The van der Waals surface area contributed by atoms with Crippen LogP contribution < -0.4 is 19.5 Å². The van der Waals surface area contributed by atoms with Crippen LogP contribution in [0, 0.1) is 11.6 Å². The standard InChI is InChI=1S/C19H13F2NO5/c20-11-1-4-14(21)15(7-11)22-19(23)17-6-3-13(27-17)9-24-12-2-5-16-18(8-12)26-10-25-16/h1-8H,9-10H2,(H,22,23). The maximum Gasteiger partial charge on any atom is 0.291 e. The van der Waals surface area contributed by atoms with Crippen molar-refractivity contribution < 1.29 is 32.2 Å². The van der Waals surface area contributed by atoms with Crippen LogP contribution in [0.3, 0.4) is 0 Å². The minimum absolute atomic E-state index is 0.0528.